The Labute approximate surface area is 197 Å². The third-order valence-corrected chi connectivity index (χ3v) is 4.57. The summed E-state index contributed by atoms with van der Waals surface area (Å²) >= 11 is 0. The molecule has 2 heterocycles. The van der Waals surface area contributed by atoms with Crippen molar-refractivity contribution in [3.8, 4) is 0 Å². The van der Waals surface area contributed by atoms with Gasteiger partial charge in [-0.2, -0.15) is 0 Å². The number of carbonyl (C=O) groups is 1. The number of nitrogens with one attached hydrogen (secondary N) is 1. The number of piperazine rings is 1. The van der Waals surface area contributed by atoms with Crippen LogP contribution in [0.25, 0.3) is 0 Å². The van der Waals surface area contributed by atoms with Crippen molar-refractivity contribution >= 4 is 36.0 Å². The van der Waals surface area contributed by atoms with E-state index in [1.54, 1.807) is 18.2 Å². The second-order valence-corrected chi connectivity index (χ2v) is 8.20. The lowest BCUT2D eigenvalue weighted by Crippen LogP contribution is -2.53. The maximum Gasteiger partial charge on any atom is 0.410 e. The molecule has 1 aliphatic rings. The lowest BCUT2D eigenvalue weighted by molar-refractivity contribution is 0.0253. The first-order chi connectivity index (χ1) is 13.8. The van der Waals surface area contributed by atoms with E-state index >= 15 is 0 Å². The molecule has 0 aromatic carbocycles. The van der Waals surface area contributed by atoms with Gasteiger partial charge in [-0.1, -0.05) is 12.1 Å². The van der Waals surface area contributed by atoms with Gasteiger partial charge in [0.15, 0.2) is 5.96 Å². The molecule has 1 fully saturated rings. The molecular weight excluding hydrogens is 499 g/mol. The molecule has 1 saturated heterocycles. The summed E-state index contributed by atoms with van der Waals surface area (Å²) in [5.74, 6) is 0.867. The zero-order valence-corrected chi connectivity index (χ0v) is 21.2. The Bertz CT molecular complexity index is 639. The summed E-state index contributed by atoms with van der Waals surface area (Å²) in [5, 5.41) is 7.37. The Hall–Kier alpha value is -1.56. The summed E-state index contributed by atoms with van der Waals surface area (Å²) in [7, 11) is 1.79. The van der Waals surface area contributed by atoms with E-state index in [1.807, 2.05) is 26.8 Å². The van der Waals surface area contributed by atoms with Gasteiger partial charge >= 0.3 is 6.09 Å². The highest BCUT2D eigenvalue weighted by atomic mass is 127. The number of rotatable bonds is 7. The summed E-state index contributed by atoms with van der Waals surface area (Å²) < 4.78 is 10.4. The van der Waals surface area contributed by atoms with Crippen LogP contribution in [0.15, 0.2) is 21.8 Å². The van der Waals surface area contributed by atoms with E-state index in [1.165, 1.54) is 0 Å². The molecule has 10 heteroatoms. The molecule has 0 unspecified atom stereocenters. The summed E-state index contributed by atoms with van der Waals surface area (Å²) in [6.07, 6.45) is 2.23. The fourth-order valence-corrected chi connectivity index (χ4v) is 3.19. The minimum absolute atomic E-state index is 0. The first-order valence-electron chi connectivity index (χ1n) is 10.4. The number of ether oxygens (including phenoxy) is 1. The van der Waals surface area contributed by atoms with E-state index < -0.39 is 5.60 Å². The molecule has 172 valence electrons. The van der Waals surface area contributed by atoms with Crippen LogP contribution in [-0.2, 0) is 11.3 Å². The predicted molar refractivity (Wildman–Crippen MR) is 128 cm³/mol. The van der Waals surface area contributed by atoms with Gasteiger partial charge in [-0.15, -0.1) is 24.0 Å². The minimum atomic E-state index is -0.488. The maximum atomic E-state index is 12.4. The average Bonchev–Trinajstić information content (AvgIpc) is 3.17. The summed E-state index contributed by atoms with van der Waals surface area (Å²) in [4.78, 5) is 23.1. The van der Waals surface area contributed by atoms with Crippen molar-refractivity contribution in [1.82, 2.24) is 25.2 Å². The maximum absolute atomic E-state index is 12.4. The molecule has 0 spiro atoms. The number of carbonyl (C=O) groups excluding carboxylic acids is 1. The molecule has 0 saturated carbocycles. The number of hydrogen-bond acceptors (Lipinski definition) is 6. The predicted octanol–water partition coefficient (Wildman–Crippen LogP) is 2.63. The average molecular weight is 536 g/mol. The monoisotopic (exact) mass is 536 g/mol. The van der Waals surface area contributed by atoms with Crippen LogP contribution in [0.3, 0.4) is 0 Å². The molecule has 0 aliphatic carbocycles. The van der Waals surface area contributed by atoms with Crippen LogP contribution >= 0.6 is 24.0 Å². The molecule has 1 aromatic rings. The Kier molecular flexibility index (Phi) is 11.5. The second kappa shape index (κ2) is 13.0. The van der Waals surface area contributed by atoms with Gasteiger partial charge < -0.3 is 24.4 Å². The van der Waals surface area contributed by atoms with Crippen molar-refractivity contribution in [2.45, 2.75) is 46.3 Å². The van der Waals surface area contributed by atoms with Gasteiger partial charge in [0.1, 0.15) is 11.9 Å². The van der Waals surface area contributed by atoms with Crippen molar-refractivity contribution in [2.75, 3.05) is 52.9 Å². The van der Waals surface area contributed by atoms with Crippen LogP contribution in [0.4, 0.5) is 4.79 Å². The first-order valence-corrected chi connectivity index (χ1v) is 10.4. The summed E-state index contributed by atoms with van der Waals surface area (Å²) in [6.45, 7) is 14.1. The molecular formula is C20H37IN6O3. The number of halogens is 1. The zero-order valence-electron chi connectivity index (χ0n) is 18.9. The third-order valence-electron chi connectivity index (χ3n) is 4.57. The molecule has 0 radical (unpaired) electrons. The van der Waals surface area contributed by atoms with Gasteiger partial charge in [0.2, 0.25) is 0 Å². The van der Waals surface area contributed by atoms with E-state index in [-0.39, 0.29) is 30.1 Å². The van der Waals surface area contributed by atoms with Crippen LogP contribution in [0.2, 0.25) is 0 Å². The quantitative estimate of drug-likeness (QED) is 0.326. The second-order valence-electron chi connectivity index (χ2n) is 8.20. The molecule has 1 amide bonds. The fourth-order valence-electron chi connectivity index (χ4n) is 3.19. The lowest BCUT2D eigenvalue weighted by Gasteiger charge is -2.36. The standard InChI is InChI=1S/C20H36N6O3.HI/c1-6-9-26(19(27)29-20(2,3)4)10-8-22-18(21-5)25-13-11-24(12-14-25)16-17-7-15-28-23-17;/h7,15H,6,8-14,16H2,1-5H3,(H,21,22);1H. The number of guanidine groups is 1. The Balaban J connectivity index is 0.00000450. The zero-order chi connectivity index (χ0) is 21.3. The van der Waals surface area contributed by atoms with Crippen molar-refractivity contribution in [3.05, 3.63) is 18.0 Å². The van der Waals surface area contributed by atoms with Gasteiger partial charge in [-0.25, -0.2) is 4.79 Å². The molecule has 30 heavy (non-hydrogen) atoms. The molecule has 0 atom stereocenters. The lowest BCUT2D eigenvalue weighted by atomic mass is 10.2. The molecule has 1 aromatic heterocycles. The van der Waals surface area contributed by atoms with Crippen LogP contribution in [-0.4, -0.2) is 90.4 Å². The van der Waals surface area contributed by atoms with Gasteiger partial charge in [0, 0.05) is 65.5 Å². The van der Waals surface area contributed by atoms with Crippen molar-refractivity contribution in [3.63, 3.8) is 0 Å². The Morgan fingerprint density at radius 2 is 2.00 bits per heavy atom. The van der Waals surface area contributed by atoms with Crippen molar-refractivity contribution < 1.29 is 14.1 Å². The van der Waals surface area contributed by atoms with E-state index in [4.69, 9.17) is 9.26 Å². The molecule has 9 nitrogen and oxygen atoms in total. The van der Waals surface area contributed by atoms with Gasteiger partial charge in [0.05, 0.1) is 5.69 Å². The number of amides is 1. The molecule has 2 rings (SSSR count). The molecule has 0 bridgehead atoms. The Morgan fingerprint density at radius 1 is 1.30 bits per heavy atom. The number of nitrogens with zero attached hydrogens (tertiary/aromatic N) is 5. The highest BCUT2D eigenvalue weighted by molar-refractivity contribution is 14.0. The number of hydrogen-bond donors (Lipinski definition) is 1. The van der Waals surface area contributed by atoms with Crippen molar-refractivity contribution in [2.24, 2.45) is 4.99 Å². The van der Waals surface area contributed by atoms with E-state index in [2.05, 4.69) is 32.2 Å². The highest BCUT2D eigenvalue weighted by Gasteiger charge is 2.23. The first kappa shape index (κ1) is 26.5. The topological polar surface area (TPSA) is 86.4 Å². The van der Waals surface area contributed by atoms with E-state index in [9.17, 15) is 4.79 Å². The van der Waals surface area contributed by atoms with E-state index in [0.29, 0.717) is 19.6 Å². The van der Waals surface area contributed by atoms with Crippen LogP contribution in [0.5, 0.6) is 0 Å². The van der Waals surface area contributed by atoms with Crippen LogP contribution in [0, 0.1) is 0 Å². The van der Waals surface area contributed by atoms with Gasteiger partial charge in [0.25, 0.3) is 0 Å². The molecule has 1 N–H and O–H groups in total. The highest BCUT2D eigenvalue weighted by Crippen LogP contribution is 2.10. The minimum Gasteiger partial charge on any atom is -0.444 e. The van der Waals surface area contributed by atoms with Crippen molar-refractivity contribution in [1.29, 1.82) is 0 Å². The third kappa shape index (κ3) is 9.07. The smallest absolute Gasteiger partial charge is 0.410 e. The molecule has 1 aliphatic heterocycles. The SMILES string of the molecule is CCCN(CCNC(=NC)N1CCN(Cc2ccon2)CC1)C(=O)OC(C)(C)C.I. The van der Waals surface area contributed by atoms with Crippen LogP contribution < -0.4 is 5.32 Å². The van der Waals surface area contributed by atoms with E-state index in [0.717, 1.165) is 50.8 Å². The largest absolute Gasteiger partial charge is 0.444 e. The summed E-state index contributed by atoms with van der Waals surface area (Å²) in [5.41, 5.74) is 0.470. The van der Waals surface area contributed by atoms with Crippen LogP contribution in [0.1, 0.15) is 39.8 Å². The number of aromatic nitrogens is 1. The van der Waals surface area contributed by atoms with Gasteiger partial charge in [-0.05, 0) is 27.2 Å². The number of aliphatic imine (C=N–C) groups is 1. The fraction of sp³-hybridized carbons (Fsp3) is 0.750. The Morgan fingerprint density at radius 3 is 2.53 bits per heavy atom. The normalized spacial score (nSPS) is 15.5. The summed E-state index contributed by atoms with van der Waals surface area (Å²) in [6, 6.07) is 1.90. The van der Waals surface area contributed by atoms with Gasteiger partial charge in [-0.3, -0.25) is 9.89 Å².